The monoisotopic (exact) mass is 139 g/mol. The maximum Gasteiger partial charge on any atom is 0.142 e. The van der Waals surface area contributed by atoms with E-state index in [1.54, 1.807) is 6.20 Å². The van der Waals surface area contributed by atoms with E-state index in [1.165, 1.54) is 0 Å². The molecule has 1 aromatic heterocycles. The van der Waals surface area contributed by atoms with Crippen molar-refractivity contribution in [1.82, 2.24) is 4.98 Å². The first kappa shape index (κ1) is 6.41. The van der Waals surface area contributed by atoms with E-state index >= 15 is 0 Å². The molecule has 11 heavy (non-hydrogen) atoms. The minimum atomic E-state index is 0.600. The Balaban J connectivity index is 2.91. The van der Waals surface area contributed by atoms with Crippen LogP contribution in [0.25, 0.3) is 10.8 Å². The normalized spacial score (nSPS) is 10.2. The molecule has 0 bridgehead atoms. The molecule has 1 nitrogen and oxygen atoms in total. The standard InChI is InChI=1S/C9H6BN/c10-9-8-4-2-1-3-7(8)5-6-11-9/h1-6H. The van der Waals surface area contributed by atoms with E-state index in [2.05, 4.69) is 4.98 Å². The van der Waals surface area contributed by atoms with Crippen LogP contribution in [-0.2, 0) is 0 Å². The number of hydrogen-bond acceptors (Lipinski definition) is 1. The molecule has 1 heterocycles. The minimum absolute atomic E-state index is 0.600. The van der Waals surface area contributed by atoms with Crippen LogP contribution in [0.15, 0.2) is 36.5 Å². The van der Waals surface area contributed by atoms with Crippen molar-refractivity contribution in [2.24, 2.45) is 0 Å². The number of hydrogen-bond donors (Lipinski definition) is 0. The second-order valence-electron chi connectivity index (χ2n) is 2.42. The number of nitrogens with zero attached hydrogens (tertiary/aromatic N) is 1. The van der Waals surface area contributed by atoms with Gasteiger partial charge in [0.1, 0.15) is 7.85 Å². The summed E-state index contributed by atoms with van der Waals surface area (Å²) in [5.41, 5.74) is 0.600. The van der Waals surface area contributed by atoms with Crippen LogP contribution in [0.5, 0.6) is 0 Å². The quantitative estimate of drug-likeness (QED) is 0.496. The highest BCUT2D eigenvalue weighted by Crippen LogP contribution is 2.07. The van der Waals surface area contributed by atoms with E-state index in [-0.39, 0.29) is 0 Å². The molecule has 2 radical (unpaired) electrons. The Bertz CT molecular complexity index is 379. The van der Waals surface area contributed by atoms with Crippen molar-refractivity contribution in [3.63, 3.8) is 0 Å². The highest BCUT2D eigenvalue weighted by Gasteiger charge is 1.93. The van der Waals surface area contributed by atoms with Gasteiger partial charge in [0, 0.05) is 6.20 Å². The third-order valence-electron chi connectivity index (χ3n) is 1.70. The van der Waals surface area contributed by atoms with E-state index in [1.807, 2.05) is 30.3 Å². The highest BCUT2D eigenvalue weighted by atomic mass is 14.6. The largest absolute Gasteiger partial charge is 0.272 e. The summed E-state index contributed by atoms with van der Waals surface area (Å²) < 4.78 is 0. The zero-order valence-corrected chi connectivity index (χ0v) is 5.99. The second kappa shape index (κ2) is 2.38. The Morgan fingerprint density at radius 2 is 1.91 bits per heavy atom. The van der Waals surface area contributed by atoms with Gasteiger partial charge in [-0.15, -0.1) is 0 Å². The Morgan fingerprint density at radius 1 is 1.09 bits per heavy atom. The Labute approximate surface area is 66.5 Å². The number of aromatic nitrogens is 1. The lowest BCUT2D eigenvalue weighted by molar-refractivity contribution is 1.42. The number of pyridine rings is 1. The van der Waals surface area contributed by atoms with Gasteiger partial charge in [0.2, 0.25) is 0 Å². The van der Waals surface area contributed by atoms with Gasteiger partial charge in [-0.3, -0.25) is 4.98 Å². The fraction of sp³-hybridized carbons (Fsp3) is 0. The topological polar surface area (TPSA) is 12.9 Å². The van der Waals surface area contributed by atoms with Gasteiger partial charge in [0.25, 0.3) is 0 Å². The maximum atomic E-state index is 5.65. The van der Waals surface area contributed by atoms with Crippen LogP contribution in [0, 0.1) is 0 Å². The first-order valence-corrected chi connectivity index (χ1v) is 3.47. The molecule has 0 spiro atoms. The average Bonchev–Trinajstić information content (AvgIpc) is 2.06. The van der Waals surface area contributed by atoms with Crippen molar-refractivity contribution in [2.75, 3.05) is 0 Å². The summed E-state index contributed by atoms with van der Waals surface area (Å²) in [6, 6.07) is 9.89. The van der Waals surface area contributed by atoms with Crippen molar-refractivity contribution >= 4 is 24.2 Å². The number of benzene rings is 1. The molecule has 0 atom stereocenters. The molecular weight excluding hydrogens is 133 g/mol. The Morgan fingerprint density at radius 3 is 2.73 bits per heavy atom. The highest BCUT2D eigenvalue weighted by molar-refractivity contribution is 6.36. The van der Waals surface area contributed by atoms with Gasteiger partial charge in [-0.2, -0.15) is 0 Å². The van der Waals surface area contributed by atoms with Crippen molar-refractivity contribution in [3.05, 3.63) is 36.5 Å². The first-order valence-electron chi connectivity index (χ1n) is 3.47. The molecule has 0 aliphatic heterocycles. The van der Waals surface area contributed by atoms with E-state index in [0.717, 1.165) is 10.8 Å². The smallest absolute Gasteiger partial charge is 0.142 e. The molecule has 2 heteroatoms. The summed E-state index contributed by atoms with van der Waals surface area (Å²) >= 11 is 0. The molecule has 0 unspecified atom stereocenters. The summed E-state index contributed by atoms with van der Waals surface area (Å²) in [5, 5.41) is 2.16. The van der Waals surface area contributed by atoms with E-state index in [9.17, 15) is 0 Å². The zero-order valence-electron chi connectivity index (χ0n) is 5.99. The summed E-state index contributed by atoms with van der Waals surface area (Å²) in [6.07, 6.45) is 1.72. The lowest BCUT2D eigenvalue weighted by atomic mass is 9.97. The van der Waals surface area contributed by atoms with Gasteiger partial charge in [0.05, 0.1) is 0 Å². The number of rotatable bonds is 0. The fourth-order valence-corrected chi connectivity index (χ4v) is 1.14. The van der Waals surface area contributed by atoms with Gasteiger partial charge in [0.15, 0.2) is 0 Å². The second-order valence-corrected chi connectivity index (χ2v) is 2.42. The molecule has 0 saturated carbocycles. The van der Waals surface area contributed by atoms with Gasteiger partial charge in [-0.1, -0.05) is 24.3 Å². The molecule has 0 N–H and O–H groups in total. The van der Waals surface area contributed by atoms with E-state index < -0.39 is 0 Å². The lowest BCUT2D eigenvalue weighted by Gasteiger charge is -1.98. The lowest BCUT2D eigenvalue weighted by Crippen LogP contribution is -2.07. The minimum Gasteiger partial charge on any atom is -0.272 e. The van der Waals surface area contributed by atoms with Crippen LogP contribution in [-0.4, -0.2) is 12.8 Å². The van der Waals surface area contributed by atoms with Crippen molar-refractivity contribution in [2.45, 2.75) is 0 Å². The van der Waals surface area contributed by atoms with E-state index in [4.69, 9.17) is 7.85 Å². The van der Waals surface area contributed by atoms with Crippen LogP contribution in [0.1, 0.15) is 0 Å². The maximum absolute atomic E-state index is 5.65. The van der Waals surface area contributed by atoms with Crippen molar-refractivity contribution in [1.29, 1.82) is 0 Å². The predicted octanol–water partition coefficient (Wildman–Crippen LogP) is 1.03. The molecule has 0 amide bonds. The van der Waals surface area contributed by atoms with Crippen LogP contribution < -0.4 is 5.59 Å². The first-order chi connectivity index (χ1) is 5.38. The van der Waals surface area contributed by atoms with Gasteiger partial charge < -0.3 is 0 Å². The molecular formula is C9H6BN. The zero-order chi connectivity index (χ0) is 7.68. The van der Waals surface area contributed by atoms with Gasteiger partial charge >= 0.3 is 0 Å². The summed E-state index contributed by atoms with van der Waals surface area (Å²) in [7, 11) is 5.65. The van der Waals surface area contributed by atoms with Crippen molar-refractivity contribution in [3.8, 4) is 0 Å². The van der Waals surface area contributed by atoms with Gasteiger partial charge in [-0.25, -0.2) is 0 Å². The molecule has 0 aliphatic rings. The van der Waals surface area contributed by atoms with Crippen LogP contribution in [0.4, 0.5) is 0 Å². The molecule has 0 aliphatic carbocycles. The molecule has 0 saturated heterocycles. The van der Waals surface area contributed by atoms with Crippen molar-refractivity contribution < 1.29 is 0 Å². The summed E-state index contributed by atoms with van der Waals surface area (Å²) in [5.74, 6) is 0. The summed E-state index contributed by atoms with van der Waals surface area (Å²) in [6.45, 7) is 0. The molecule has 50 valence electrons. The Kier molecular flexibility index (Phi) is 1.39. The van der Waals surface area contributed by atoms with E-state index in [0.29, 0.717) is 5.59 Å². The number of fused-ring (bicyclic) bond motifs is 1. The van der Waals surface area contributed by atoms with Crippen LogP contribution in [0.2, 0.25) is 0 Å². The third kappa shape index (κ3) is 1.00. The molecule has 0 fully saturated rings. The SMILES string of the molecule is [B]c1nccc2ccccc12. The fourth-order valence-electron chi connectivity index (χ4n) is 1.14. The summed E-state index contributed by atoms with van der Waals surface area (Å²) in [4.78, 5) is 3.99. The Hall–Kier alpha value is -1.31. The van der Waals surface area contributed by atoms with Gasteiger partial charge in [-0.05, 0) is 22.4 Å². The van der Waals surface area contributed by atoms with Crippen LogP contribution in [0.3, 0.4) is 0 Å². The average molecular weight is 139 g/mol. The molecule has 1 aromatic carbocycles. The predicted molar refractivity (Wildman–Crippen MR) is 47.1 cm³/mol. The van der Waals surface area contributed by atoms with Crippen LogP contribution >= 0.6 is 0 Å². The molecule has 2 rings (SSSR count). The molecule has 2 aromatic rings. The third-order valence-corrected chi connectivity index (χ3v) is 1.70.